The molecule has 0 fully saturated rings. The lowest BCUT2D eigenvalue weighted by molar-refractivity contribution is 1.16. The summed E-state index contributed by atoms with van der Waals surface area (Å²) >= 11 is 7.55. The van der Waals surface area contributed by atoms with Gasteiger partial charge in [-0.15, -0.1) is 0 Å². The molecule has 110 valence electrons. The van der Waals surface area contributed by atoms with Crippen molar-refractivity contribution in [2.45, 2.75) is 26.7 Å². The Labute approximate surface area is 147 Å². The average Bonchev–Trinajstić information content (AvgIpc) is 2.55. The summed E-state index contributed by atoms with van der Waals surface area (Å²) in [6.07, 6.45) is 2.10. The zero-order chi connectivity index (χ0) is 15.4. The van der Waals surface area contributed by atoms with E-state index in [0.29, 0.717) is 0 Å². The first-order chi connectivity index (χ1) is 10.7. The molecule has 0 heterocycles. The predicted molar refractivity (Wildman–Crippen MR) is 104 cm³/mol. The van der Waals surface area contributed by atoms with Gasteiger partial charge in [0.15, 0.2) is 0 Å². The van der Waals surface area contributed by atoms with Gasteiger partial charge in [-0.1, -0.05) is 70.0 Å². The molecule has 0 N–H and O–H groups in total. The molecule has 0 aromatic heterocycles. The van der Waals surface area contributed by atoms with Crippen molar-refractivity contribution in [2.75, 3.05) is 0 Å². The van der Waals surface area contributed by atoms with Crippen molar-refractivity contribution < 1.29 is 0 Å². The molecule has 4 aromatic rings. The molecule has 0 saturated heterocycles. The Morgan fingerprint density at radius 2 is 1.00 bits per heavy atom. The lowest BCUT2D eigenvalue weighted by atomic mass is 9.89. The van der Waals surface area contributed by atoms with Gasteiger partial charge >= 0.3 is 0 Å². The van der Waals surface area contributed by atoms with E-state index in [2.05, 4.69) is 82.1 Å². The Morgan fingerprint density at radius 1 is 0.636 bits per heavy atom. The van der Waals surface area contributed by atoms with E-state index in [1.54, 1.807) is 0 Å². The average molecular weight is 416 g/mol. The molecule has 4 rings (SSSR count). The van der Waals surface area contributed by atoms with E-state index in [1.807, 2.05) is 0 Å². The quantitative estimate of drug-likeness (QED) is 0.303. The number of benzene rings is 4. The van der Waals surface area contributed by atoms with E-state index in [-0.39, 0.29) is 0 Å². The highest BCUT2D eigenvalue weighted by atomic mass is 79.9. The minimum Gasteiger partial charge on any atom is -0.0613 e. The zero-order valence-corrected chi connectivity index (χ0v) is 15.8. The molecule has 0 nitrogen and oxygen atoms in total. The molecule has 0 saturated carbocycles. The van der Waals surface area contributed by atoms with E-state index < -0.39 is 0 Å². The lowest BCUT2D eigenvalue weighted by Crippen LogP contribution is -1.93. The highest BCUT2D eigenvalue weighted by molar-refractivity contribution is 9.11. The number of hydrogen-bond donors (Lipinski definition) is 0. The molecule has 22 heavy (non-hydrogen) atoms. The molecular formula is C20H16Br2. The number of aryl methyl sites for hydroxylation is 2. The third-order valence-electron chi connectivity index (χ3n) is 4.73. The minimum atomic E-state index is 1.05. The minimum absolute atomic E-state index is 1.05. The van der Waals surface area contributed by atoms with Crippen LogP contribution in [-0.4, -0.2) is 0 Å². The van der Waals surface area contributed by atoms with E-state index in [1.165, 1.54) is 52.4 Å². The molecule has 0 aliphatic carbocycles. The fourth-order valence-corrected chi connectivity index (χ4v) is 4.84. The Morgan fingerprint density at radius 3 is 1.36 bits per heavy atom. The summed E-state index contributed by atoms with van der Waals surface area (Å²) in [6, 6.07) is 13.6. The monoisotopic (exact) mass is 414 g/mol. The maximum Gasteiger partial charge on any atom is 0.0257 e. The summed E-state index contributed by atoms with van der Waals surface area (Å²) in [6.45, 7) is 4.46. The first-order valence-electron chi connectivity index (χ1n) is 7.73. The standard InChI is InChI=1S/C20H16Br2/c1-3-11-9-17(21)15-8-6-14-12(4-2)10-18(22)16-7-5-13(11)19(15)20(14)16/h5-10H,3-4H2,1-2H3. The molecule has 0 aliphatic rings. The zero-order valence-electron chi connectivity index (χ0n) is 12.6. The Hall–Kier alpha value is -1.12. The number of rotatable bonds is 2. The highest BCUT2D eigenvalue weighted by Gasteiger charge is 2.15. The topological polar surface area (TPSA) is 0 Å². The summed E-state index contributed by atoms with van der Waals surface area (Å²) in [7, 11) is 0. The smallest absolute Gasteiger partial charge is 0.0257 e. The van der Waals surface area contributed by atoms with Crippen molar-refractivity contribution in [3.05, 3.63) is 56.5 Å². The molecular weight excluding hydrogens is 400 g/mol. The molecule has 0 spiro atoms. The van der Waals surface area contributed by atoms with Crippen LogP contribution in [0.2, 0.25) is 0 Å². The van der Waals surface area contributed by atoms with Gasteiger partial charge in [0.1, 0.15) is 0 Å². The van der Waals surface area contributed by atoms with Gasteiger partial charge in [0.05, 0.1) is 0 Å². The molecule has 2 heteroatoms. The fourth-order valence-electron chi connectivity index (χ4n) is 3.63. The van der Waals surface area contributed by atoms with Crippen molar-refractivity contribution in [1.82, 2.24) is 0 Å². The molecule has 0 bridgehead atoms. The Kier molecular flexibility index (Phi) is 3.43. The van der Waals surface area contributed by atoms with Crippen LogP contribution in [0.25, 0.3) is 32.3 Å². The van der Waals surface area contributed by atoms with Crippen LogP contribution in [0.5, 0.6) is 0 Å². The van der Waals surface area contributed by atoms with Crippen LogP contribution in [-0.2, 0) is 12.8 Å². The van der Waals surface area contributed by atoms with Crippen LogP contribution in [0.4, 0.5) is 0 Å². The molecule has 0 aliphatic heterocycles. The summed E-state index contributed by atoms with van der Waals surface area (Å²) in [5, 5.41) is 8.20. The third-order valence-corrected chi connectivity index (χ3v) is 6.04. The van der Waals surface area contributed by atoms with Crippen molar-refractivity contribution in [1.29, 1.82) is 0 Å². The number of halogens is 2. The summed E-state index contributed by atoms with van der Waals surface area (Å²) in [4.78, 5) is 0. The van der Waals surface area contributed by atoms with Crippen molar-refractivity contribution >= 4 is 64.2 Å². The Balaban J connectivity index is 2.38. The largest absolute Gasteiger partial charge is 0.0613 e. The van der Waals surface area contributed by atoms with Gasteiger partial charge in [-0.05, 0) is 68.4 Å². The fraction of sp³-hybridized carbons (Fsp3) is 0.200. The van der Waals surface area contributed by atoms with E-state index in [4.69, 9.17) is 0 Å². The molecule has 0 unspecified atom stereocenters. The van der Waals surface area contributed by atoms with Gasteiger partial charge in [0.25, 0.3) is 0 Å². The van der Waals surface area contributed by atoms with Crippen LogP contribution in [0.15, 0.2) is 45.3 Å². The van der Waals surface area contributed by atoms with E-state index >= 15 is 0 Å². The van der Waals surface area contributed by atoms with Crippen molar-refractivity contribution in [3.8, 4) is 0 Å². The van der Waals surface area contributed by atoms with Crippen LogP contribution >= 0.6 is 31.9 Å². The maximum atomic E-state index is 3.78. The second-order valence-corrected chi connectivity index (χ2v) is 7.52. The van der Waals surface area contributed by atoms with Crippen molar-refractivity contribution in [3.63, 3.8) is 0 Å². The SMILES string of the molecule is CCc1cc(Br)c2ccc3c(CC)cc(Br)c4ccc1c2c43. The van der Waals surface area contributed by atoms with Gasteiger partial charge in [-0.2, -0.15) is 0 Å². The maximum absolute atomic E-state index is 3.78. The molecule has 4 aromatic carbocycles. The van der Waals surface area contributed by atoms with Crippen LogP contribution in [0.1, 0.15) is 25.0 Å². The predicted octanol–water partition coefficient (Wildman–Crippen LogP) is 7.23. The summed E-state index contributed by atoms with van der Waals surface area (Å²) in [5.41, 5.74) is 2.82. The van der Waals surface area contributed by atoms with Crippen LogP contribution < -0.4 is 0 Å². The van der Waals surface area contributed by atoms with Gasteiger partial charge in [0, 0.05) is 8.95 Å². The van der Waals surface area contributed by atoms with Crippen LogP contribution in [0, 0.1) is 0 Å². The first-order valence-corrected chi connectivity index (χ1v) is 9.31. The summed E-state index contributed by atoms with van der Waals surface area (Å²) in [5.74, 6) is 0. The molecule has 0 amide bonds. The highest BCUT2D eigenvalue weighted by Crippen LogP contribution is 2.42. The first kappa shape index (κ1) is 14.5. The lowest BCUT2D eigenvalue weighted by Gasteiger charge is -2.17. The second kappa shape index (κ2) is 5.21. The van der Waals surface area contributed by atoms with Gasteiger partial charge in [0.2, 0.25) is 0 Å². The van der Waals surface area contributed by atoms with Gasteiger partial charge < -0.3 is 0 Å². The second-order valence-electron chi connectivity index (χ2n) is 5.81. The van der Waals surface area contributed by atoms with Gasteiger partial charge in [-0.3, -0.25) is 0 Å². The third kappa shape index (κ3) is 1.87. The number of hydrogen-bond acceptors (Lipinski definition) is 0. The Bertz CT molecular complexity index is 931. The van der Waals surface area contributed by atoms with Gasteiger partial charge in [-0.25, -0.2) is 0 Å². The van der Waals surface area contributed by atoms with Crippen molar-refractivity contribution in [2.24, 2.45) is 0 Å². The van der Waals surface area contributed by atoms with E-state index in [9.17, 15) is 0 Å². The normalized spacial score (nSPS) is 12.0. The molecule has 0 radical (unpaired) electrons. The van der Waals surface area contributed by atoms with E-state index in [0.717, 1.165) is 12.8 Å². The summed E-state index contributed by atoms with van der Waals surface area (Å²) < 4.78 is 2.40. The van der Waals surface area contributed by atoms with Crippen LogP contribution in [0.3, 0.4) is 0 Å². The molecule has 0 atom stereocenters.